The molecular formula is C17H32O. The van der Waals surface area contributed by atoms with Crippen LogP contribution in [0.5, 0.6) is 0 Å². The van der Waals surface area contributed by atoms with Gasteiger partial charge in [-0.25, -0.2) is 0 Å². The van der Waals surface area contributed by atoms with E-state index in [1.54, 1.807) is 0 Å². The molecule has 0 atom stereocenters. The molecule has 0 saturated carbocycles. The van der Waals surface area contributed by atoms with Crippen LogP contribution in [0, 0.1) is 5.92 Å². The topological polar surface area (TPSA) is 9.23 Å². The maximum atomic E-state index is 5.70. The zero-order valence-corrected chi connectivity index (χ0v) is 13.1. The van der Waals surface area contributed by atoms with Crippen LogP contribution in [0.3, 0.4) is 0 Å². The van der Waals surface area contributed by atoms with Crippen molar-refractivity contribution < 1.29 is 4.74 Å². The van der Waals surface area contributed by atoms with Crippen molar-refractivity contribution in [2.75, 3.05) is 6.61 Å². The van der Waals surface area contributed by atoms with Gasteiger partial charge in [-0.2, -0.15) is 0 Å². The van der Waals surface area contributed by atoms with Crippen molar-refractivity contribution in [2.24, 2.45) is 5.92 Å². The molecule has 0 aromatic rings. The molecule has 1 heteroatoms. The van der Waals surface area contributed by atoms with Crippen LogP contribution in [0.2, 0.25) is 0 Å². The van der Waals surface area contributed by atoms with Gasteiger partial charge in [0.25, 0.3) is 0 Å². The molecule has 0 aliphatic rings. The van der Waals surface area contributed by atoms with Gasteiger partial charge in [-0.3, -0.25) is 0 Å². The highest BCUT2D eigenvalue weighted by molar-refractivity contribution is 5.16. The third-order valence-electron chi connectivity index (χ3n) is 2.70. The molecule has 0 amide bonds. The average molecular weight is 252 g/mol. The van der Waals surface area contributed by atoms with Crippen molar-refractivity contribution in [3.8, 4) is 0 Å². The van der Waals surface area contributed by atoms with E-state index in [4.69, 9.17) is 4.74 Å². The molecule has 0 heterocycles. The van der Waals surface area contributed by atoms with Crippen molar-refractivity contribution >= 4 is 0 Å². The molecule has 1 nitrogen and oxygen atoms in total. The molecule has 0 aromatic heterocycles. The van der Waals surface area contributed by atoms with Crippen LogP contribution < -0.4 is 0 Å². The summed E-state index contributed by atoms with van der Waals surface area (Å²) in [5, 5.41) is 0. The maximum absolute atomic E-state index is 5.70. The molecule has 0 unspecified atom stereocenters. The Balaban J connectivity index is 3.53. The summed E-state index contributed by atoms with van der Waals surface area (Å²) in [5.74, 6) is 0.623. The lowest BCUT2D eigenvalue weighted by atomic mass is 10.0. The van der Waals surface area contributed by atoms with E-state index in [1.807, 2.05) is 6.08 Å². The van der Waals surface area contributed by atoms with Gasteiger partial charge in [0.15, 0.2) is 0 Å². The first-order valence-electron chi connectivity index (χ1n) is 7.32. The fraction of sp³-hybridized carbons (Fsp3) is 0.765. The summed E-state index contributed by atoms with van der Waals surface area (Å²) in [6.45, 7) is 15.5. The van der Waals surface area contributed by atoms with Crippen LogP contribution >= 0.6 is 0 Å². The molecule has 0 fully saturated rings. The van der Waals surface area contributed by atoms with Crippen LogP contribution in [-0.2, 0) is 4.74 Å². The highest BCUT2D eigenvalue weighted by Gasteiger charge is 2.08. The van der Waals surface area contributed by atoms with Gasteiger partial charge in [-0.1, -0.05) is 51.0 Å². The fourth-order valence-corrected chi connectivity index (χ4v) is 1.84. The molecule has 0 aromatic carbocycles. The van der Waals surface area contributed by atoms with Gasteiger partial charge >= 0.3 is 0 Å². The first kappa shape index (κ1) is 17.4. The minimum atomic E-state index is 0.00993. The molecule has 0 spiro atoms. The SMILES string of the molecule is C=C/C(=C\C(C)C)CCCCCCOC(C)(C)C. The van der Waals surface area contributed by atoms with Gasteiger partial charge in [-0.15, -0.1) is 0 Å². The van der Waals surface area contributed by atoms with Gasteiger partial charge in [0.1, 0.15) is 0 Å². The third-order valence-corrected chi connectivity index (χ3v) is 2.70. The summed E-state index contributed by atoms with van der Waals surface area (Å²) in [7, 11) is 0. The second-order valence-electron chi connectivity index (χ2n) is 6.31. The second kappa shape index (κ2) is 9.38. The van der Waals surface area contributed by atoms with E-state index in [9.17, 15) is 0 Å². The van der Waals surface area contributed by atoms with Crippen LogP contribution in [-0.4, -0.2) is 12.2 Å². The van der Waals surface area contributed by atoms with Gasteiger partial charge in [0, 0.05) is 6.61 Å². The van der Waals surface area contributed by atoms with E-state index in [2.05, 4.69) is 47.3 Å². The Hall–Kier alpha value is -0.560. The van der Waals surface area contributed by atoms with Crippen LogP contribution in [0.25, 0.3) is 0 Å². The average Bonchev–Trinajstić information content (AvgIpc) is 2.24. The molecule has 0 radical (unpaired) electrons. The normalized spacial score (nSPS) is 13.1. The molecular weight excluding hydrogens is 220 g/mol. The fourth-order valence-electron chi connectivity index (χ4n) is 1.84. The Bertz CT molecular complexity index is 243. The summed E-state index contributed by atoms with van der Waals surface area (Å²) >= 11 is 0. The number of rotatable bonds is 9. The van der Waals surface area contributed by atoms with Crippen molar-refractivity contribution in [3.63, 3.8) is 0 Å². The Kier molecular flexibility index (Phi) is 9.09. The van der Waals surface area contributed by atoms with Crippen molar-refractivity contribution in [2.45, 2.75) is 72.3 Å². The predicted octanol–water partition coefficient (Wildman–Crippen LogP) is 5.52. The minimum Gasteiger partial charge on any atom is -0.376 e. The smallest absolute Gasteiger partial charge is 0.0598 e. The summed E-state index contributed by atoms with van der Waals surface area (Å²) in [5.41, 5.74) is 1.41. The van der Waals surface area contributed by atoms with Crippen LogP contribution in [0.4, 0.5) is 0 Å². The van der Waals surface area contributed by atoms with Crippen molar-refractivity contribution in [1.82, 2.24) is 0 Å². The van der Waals surface area contributed by atoms with Crippen molar-refractivity contribution in [1.29, 1.82) is 0 Å². The van der Waals surface area contributed by atoms with Gasteiger partial charge in [-0.05, 0) is 46.0 Å². The predicted molar refractivity (Wildman–Crippen MR) is 81.9 cm³/mol. The molecule has 0 rings (SSSR count). The molecule has 0 aliphatic carbocycles. The molecule has 0 N–H and O–H groups in total. The molecule has 18 heavy (non-hydrogen) atoms. The van der Waals surface area contributed by atoms with Gasteiger partial charge < -0.3 is 4.74 Å². The largest absolute Gasteiger partial charge is 0.376 e. The van der Waals surface area contributed by atoms with Crippen LogP contribution in [0.15, 0.2) is 24.3 Å². The van der Waals surface area contributed by atoms with E-state index >= 15 is 0 Å². The maximum Gasteiger partial charge on any atom is 0.0598 e. The van der Waals surface area contributed by atoms with Gasteiger partial charge in [0.05, 0.1) is 5.60 Å². The quantitative estimate of drug-likeness (QED) is 0.388. The lowest BCUT2D eigenvalue weighted by Crippen LogP contribution is -2.19. The standard InChI is InChI=1S/C17H32O/c1-7-16(14-15(2)3)12-10-8-9-11-13-18-17(4,5)6/h7,14-15H,1,8-13H2,2-6H3/b16-14+. The summed E-state index contributed by atoms with van der Waals surface area (Å²) < 4.78 is 5.70. The highest BCUT2D eigenvalue weighted by Crippen LogP contribution is 2.14. The number of ether oxygens (including phenoxy) is 1. The van der Waals surface area contributed by atoms with Crippen LogP contribution in [0.1, 0.15) is 66.7 Å². The Morgan fingerprint density at radius 3 is 2.22 bits per heavy atom. The monoisotopic (exact) mass is 252 g/mol. The van der Waals surface area contributed by atoms with E-state index in [1.165, 1.54) is 37.7 Å². The third kappa shape index (κ3) is 11.9. The summed E-state index contributed by atoms with van der Waals surface area (Å²) in [6.07, 6.45) is 10.5. The Morgan fingerprint density at radius 1 is 1.11 bits per heavy atom. The molecule has 0 aliphatic heterocycles. The number of hydrogen-bond donors (Lipinski definition) is 0. The molecule has 0 bridgehead atoms. The number of hydrogen-bond acceptors (Lipinski definition) is 1. The number of unbranched alkanes of at least 4 members (excludes halogenated alkanes) is 3. The molecule has 0 saturated heterocycles. The van der Waals surface area contributed by atoms with E-state index in [-0.39, 0.29) is 5.60 Å². The van der Waals surface area contributed by atoms with Gasteiger partial charge in [0.2, 0.25) is 0 Å². The summed E-state index contributed by atoms with van der Waals surface area (Å²) in [4.78, 5) is 0. The van der Waals surface area contributed by atoms with Crippen molar-refractivity contribution in [3.05, 3.63) is 24.3 Å². The lowest BCUT2D eigenvalue weighted by Gasteiger charge is -2.19. The lowest BCUT2D eigenvalue weighted by molar-refractivity contribution is -0.00473. The highest BCUT2D eigenvalue weighted by atomic mass is 16.5. The van der Waals surface area contributed by atoms with E-state index in [0.717, 1.165) is 6.61 Å². The zero-order valence-electron chi connectivity index (χ0n) is 13.1. The van der Waals surface area contributed by atoms with E-state index in [0.29, 0.717) is 5.92 Å². The minimum absolute atomic E-state index is 0.00993. The second-order valence-corrected chi connectivity index (χ2v) is 6.31. The number of allylic oxidation sites excluding steroid dienone is 3. The zero-order chi connectivity index (χ0) is 14.0. The Labute approximate surface area is 114 Å². The Morgan fingerprint density at radius 2 is 1.72 bits per heavy atom. The molecule has 106 valence electrons. The first-order valence-corrected chi connectivity index (χ1v) is 7.32. The first-order chi connectivity index (χ1) is 8.35. The van der Waals surface area contributed by atoms with E-state index < -0.39 is 0 Å². The summed E-state index contributed by atoms with van der Waals surface area (Å²) in [6, 6.07) is 0.